The highest BCUT2D eigenvalue weighted by molar-refractivity contribution is 14.0. The van der Waals surface area contributed by atoms with E-state index in [1.54, 1.807) is 20.9 Å². The Balaban J connectivity index is 0.00000338. The second kappa shape index (κ2) is 8.77. The lowest BCUT2D eigenvalue weighted by atomic mass is 9.85. The number of guanidine groups is 1. The van der Waals surface area contributed by atoms with E-state index >= 15 is 0 Å². The van der Waals surface area contributed by atoms with Gasteiger partial charge in [0.25, 0.3) is 0 Å². The van der Waals surface area contributed by atoms with Crippen molar-refractivity contribution in [2.45, 2.75) is 37.9 Å². The molecule has 26 heavy (non-hydrogen) atoms. The summed E-state index contributed by atoms with van der Waals surface area (Å²) in [6.45, 7) is 9.58. The molecule has 1 saturated heterocycles. The van der Waals surface area contributed by atoms with Crippen LogP contribution >= 0.6 is 39.9 Å². The molecule has 0 bridgehead atoms. The number of sulfone groups is 1. The Morgan fingerprint density at radius 2 is 1.88 bits per heavy atom. The number of hydrogen-bond acceptors (Lipinski definition) is 3. The highest BCUT2D eigenvalue weighted by atomic mass is 127. The van der Waals surface area contributed by atoms with E-state index in [1.807, 2.05) is 17.0 Å². The van der Waals surface area contributed by atoms with Gasteiger partial charge in [0.15, 0.2) is 15.8 Å². The van der Waals surface area contributed by atoms with Crippen LogP contribution in [0.3, 0.4) is 0 Å². The van der Waals surface area contributed by atoms with Crippen LogP contribution in [0.2, 0.25) is 0 Å². The van der Waals surface area contributed by atoms with Crippen LogP contribution in [0.25, 0.3) is 0 Å². The summed E-state index contributed by atoms with van der Waals surface area (Å²) in [5.41, 5.74) is 1.16. The summed E-state index contributed by atoms with van der Waals surface area (Å²) in [6, 6.07) is 8.32. The molecule has 1 N–H and O–H groups in total. The van der Waals surface area contributed by atoms with Crippen LogP contribution in [0.5, 0.6) is 0 Å². The molecule has 2 rings (SSSR count). The third-order valence-electron chi connectivity index (χ3n) is 4.87. The fraction of sp³-hybridized carbons (Fsp3) is 0.611. The molecule has 0 amide bonds. The zero-order valence-electron chi connectivity index (χ0n) is 16.0. The average Bonchev–Trinajstić information content (AvgIpc) is 2.51. The van der Waals surface area contributed by atoms with E-state index in [9.17, 15) is 8.42 Å². The van der Waals surface area contributed by atoms with Crippen LogP contribution in [0.1, 0.15) is 33.3 Å². The average molecular weight is 558 g/mol. The normalized spacial score (nSPS) is 19.6. The molecule has 0 saturated carbocycles. The van der Waals surface area contributed by atoms with Gasteiger partial charge in [-0.3, -0.25) is 4.99 Å². The number of halogens is 2. The summed E-state index contributed by atoms with van der Waals surface area (Å²) in [6.07, 6.45) is 0. The van der Waals surface area contributed by atoms with Gasteiger partial charge in [-0.25, -0.2) is 8.42 Å². The Hall–Kier alpha value is -0.350. The van der Waals surface area contributed by atoms with Crippen LogP contribution < -0.4 is 5.32 Å². The number of nitrogens with zero attached hydrogens (tertiary/aromatic N) is 2. The largest absolute Gasteiger partial charge is 0.355 e. The lowest BCUT2D eigenvalue weighted by Crippen LogP contribution is -2.58. The van der Waals surface area contributed by atoms with Crippen LogP contribution in [-0.2, 0) is 15.3 Å². The highest BCUT2D eigenvalue weighted by Crippen LogP contribution is 2.26. The van der Waals surface area contributed by atoms with Crippen molar-refractivity contribution in [2.75, 3.05) is 32.4 Å². The summed E-state index contributed by atoms with van der Waals surface area (Å²) in [5.74, 6) is 0.921. The minimum Gasteiger partial charge on any atom is -0.355 e. The van der Waals surface area contributed by atoms with Gasteiger partial charge >= 0.3 is 0 Å². The van der Waals surface area contributed by atoms with Crippen molar-refractivity contribution in [3.63, 3.8) is 0 Å². The van der Waals surface area contributed by atoms with Crippen LogP contribution in [0.15, 0.2) is 33.7 Å². The molecule has 0 atom stereocenters. The first-order valence-electron chi connectivity index (χ1n) is 8.42. The maximum absolute atomic E-state index is 12.2. The van der Waals surface area contributed by atoms with Gasteiger partial charge in [0.05, 0.1) is 10.5 Å². The number of aliphatic imine (C=N–C) groups is 1. The molecule has 0 aliphatic carbocycles. The molecule has 1 heterocycles. The SMILES string of the molecule is CN=C(NCC(C)(C)c1ccc(Br)cc1)N1CCS(=O)(=O)C(C)(C)C1.I. The van der Waals surface area contributed by atoms with Crippen molar-refractivity contribution in [3.05, 3.63) is 34.3 Å². The zero-order valence-corrected chi connectivity index (χ0v) is 20.8. The summed E-state index contributed by atoms with van der Waals surface area (Å²) in [4.78, 5) is 6.41. The first-order valence-corrected chi connectivity index (χ1v) is 10.9. The van der Waals surface area contributed by atoms with E-state index < -0.39 is 14.6 Å². The van der Waals surface area contributed by atoms with Gasteiger partial charge in [-0.2, -0.15) is 0 Å². The molecule has 1 fully saturated rings. The van der Waals surface area contributed by atoms with E-state index in [-0.39, 0.29) is 35.1 Å². The molecular weight excluding hydrogens is 529 g/mol. The third-order valence-corrected chi connectivity index (χ3v) is 7.93. The Bertz CT molecular complexity index is 746. The Kier molecular flexibility index (Phi) is 7.99. The van der Waals surface area contributed by atoms with E-state index in [4.69, 9.17) is 0 Å². The molecule has 0 radical (unpaired) electrons. The van der Waals surface area contributed by atoms with E-state index in [2.05, 4.69) is 52.2 Å². The van der Waals surface area contributed by atoms with E-state index in [1.165, 1.54) is 5.56 Å². The fourth-order valence-corrected chi connectivity index (χ4v) is 4.59. The number of rotatable bonds is 3. The second-order valence-electron chi connectivity index (χ2n) is 7.79. The topological polar surface area (TPSA) is 61.8 Å². The highest BCUT2D eigenvalue weighted by Gasteiger charge is 2.41. The number of benzene rings is 1. The fourth-order valence-electron chi connectivity index (χ4n) is 2.96. The summed E-state index contributed by atoms with van der Waals surface area (Å²) in [7, 11) is -1.31. The smallest absolute Gasteiger partial charge is 0.193 e. The maximum atomic E-state index is 12.2. The Morgan fingerprint density at radius 3 is 2.38 bits per heavy atom. The zero-order chi connectivity index (χ0) is 18.9. The molecule has 1 aliphatic heterocycles. The molecule has 1 aliphatic rings. The molecule has 148 valence electrons. The first-order chi connectivity index (χ1) is 11.5. The van der Waals surface area contributed by atoms with Gasteiger partial charge in [-0.15, -0.1) is 24.0 Å². The molecule has 1 aromatic carbocycles. The minimum atomic E-state index is -3.05. The molecule has 8 heteroatoms. The molecule has 0 unspecified atom stereocenters. The van der Waals surface area contributed by atoms with Gasteiger partial charge in [-0.05, 0) is 31.5 Å². The monoisotopic (exact) mass is 557 g/mol. The first kappa shape index (κ1) is 23.7. The van der Waals surface area contributed by atoms with E-state index in [0.29, 0.717) is 19.6 Å². The van der Waals surface area contributed by atoms with Crippen molar-refractivity contribution >= 4 is 55.7 Å². The van der Waals surface area contributed by atoms with Gasteiger partial charge < -0.3 is 10.2 Å². The minimum absolute atomic E-state index is 0. The van der Waals surface area contributed by atoms with Crippen molar-refractivity contribution in [1.82, 2.24) is 10.2 Å². The Labute approximate surface area is 183 Å². The van der Waals surface area contributed by atoms with Gasteiger partial charge in [0.1, 0.15) is 0 Å². The van der Waals surface area contributed by atoms with Crippen molar-refractivity contribution in [3.8, 4) is 0 Å². The summed E-state index contributed by atoms with van der Waals surface area (Å²) in [5, 5.41) is 3.43. The van der Waals surface area contributed by atoms with Gasteiger partial charge in [-0.1, -0.05) is 41.9 Å². The quantitative estimate of drug-likeness (QED) is 0.351. The number of nitrogens with one attached hydrogen (secondary N) is 1. The van der Waals surface area contributed by atoms with Crippen LogP contribution in [0.4, 0.5) is 0 Å². The summed E-state index contributed by atoms with van der Waals surface area (Å²) < 4.78 is 24.7. The van der Waals surface area contributed by atoms with Crippen LogP contribution in [0, 0.1) is 0 Å². The van der Waals surface area contributed by atoms with Gasteiger partial charge in [0, 0.05) is 36.6 Å². The molecule has 0 aromatic heterocycles. The maximum Gasteiger partial charge on any atom is 0.193 e. The lowest BCUT2D eigenvalue weighted by Gasteiger charge is -2.40. The van der Waals surface area contributed by atoms with Crippen molar-refractivity contribution in [1.29, 1.82) is 0 Å². The van der Waals surface area contributed by atoms with Crippen molar-refractivity contribution in [2.24, 2.45) is 4.99 Å². The number of hydrogen-bond donors (Lipinski definition) is 1. The lowest BCUT2D eigenvalue weighted by molar-refractivity contribution is 0.349. The van der Waals surface area contributed by atoms with Crippen LogP contribution in [-0.4, -0.2) is 56.5 Å². The van der Waals surface area contributed by atoms with E-state index in [0.717, 1.165) is 10.4 Å². The predicted molar refractivity (Wildman–Crippen MR) is 123 cm³/mol. The third kappa shape index (κ3) is 5.34. The molecule has 5 nitrogen and oxygen atoms in total. The standard InChI is InChI=1S/C18H28BrN3O2S.HI/c1-17(2,14-6-8-15(19)9-7-14)12-21-16(20-5)22-10-11-25(23,24)18(3,4)13-22;/h6-9H,10-13H2,1-5H3,(H,20,21);1H. The van der Waals surface area contributed by atoms with Gasteiger partial charge in [0.2, 0.25) is 0 Å². The molecule has 1 aromatic rings. The Morgan fingerprint density at radius 1 is 1.31 bits per heavy atom. The predicted octanol–water partition coefficient (Wildman–Crippen LogP) is 3.43. The molecular formula is C18H29BrIN3O2S. The molecule has 0 spiro atoms. The second-order valence-corrected chi connectivity index (χ2v) is 11.5. The van der Waals surface area contributed by atoms with Crippen molar-refractivity contribution < 1.29 is 8.42 Å². The summed E-state index contributed by atoms with van der Waals surface area (Å²) >= 11 is 3.47.